The molecule has 0 bridgehead atoms. The van der Waals surface area contributed by atoms with Gasteiger partial charge < -0.3 is 15.5 Å². The minimum absolute atomic E-state index is 0.0879. The monoisotopic (exact) mass is 435 g/mol. The fraction of sp³-hybridized carbons (Fsp3) is 0.364. The summed E-state index contributed by atoms with van der Waals surface area (Å²) in [5.41, 5.74) is 4.43. The lowest BCUT2D eigenvalue weighted by Gasteiger charge is -2.26. The number of hydrogen-bond donors (Lipinski definition) is 2. The Balaban J connectivity index is 2.13. The van der Waals surface area contributed by atoms with Crippen LogP contribution < -0.4 is 10.6 Å². The van der Waals surface area contributed by atoms with Crippen LogP contribution in [0.3, 0.4) is 0 Å². The molecule has 0 spiro atoms. The molecule has 2 aromatic carbocycles. The Bertz CT molecular complexity index is 890. The van der Waals surface area contributed by atoms with E-state index in [-0.39, 0.29) is 17.9 Å². The number of likely N-dealkylation sites (N-methyl/N-ethyl adjacent to an activating group) is 1. The van der Waals surface area contributed by atoms with Gasteiger partial charge in [0.2, 0.25) is 0 Å². The van der Waals surface area contributed by atoms with Gasteiger partial charge in [-0.2, -0.15) is 0 Å². The van der Waals surface area contributed by atoms with Gasteiger partial charge in [-0.3, -0.25) is 9.59 Å². The summed E-state index contributed by atoms with van der Waals surface area (Å²) in [4.78, 5) is 26.5. The number of halogens is 2. The molecule has 2 aromatic rings. The number of hydrogen-bond acceptors (Lipinski definition) is 3. The summed E-state index contributed by atoms with van der Waals surface area (Å²) < 4.78 is 0. The molecule has 0 radical (unpaired) electrons. The maximum absolute atomic E-state index is 12.5. The standard InChI is InChI=1S/C22H27Cl2N3O2/c1-13-8-16(21(28)25-3)9-14(2)18(13)11-17(27(4)5)12-26-22(29)15-6-7-19(23)20(24)10-15/h6-10,17H,11-12H2,1-5H3,(H,25,28)(H,26,29)/t17-/m0/s1. The highest BCUT2D eigenvalue weighted by atomic mass is 35.5. The average Bonchev–Trinajstić information content (AvgIpc) is 2.67. The Labute approximate surface area is 182 Å². The van der Waals surface area contributed by atoms with E-state index in [4.69, 9.17) is 23.2 Å². The van der Waals surface area contributed by atoms with Crippen LogP contribution in [0.5, 0.6) is 0 Å². The SMILES string of the molecule is CNC(=O)c1cc(C)c(C[C@@H](CNC(=O)c2ccc(Cl)c(Cl)c2)N(C)C)c(C)c1. The van der Waals surface area contributed by atoms with E-state index in [9.17, 15) is 9.59 Å². The van der Waals surface area contributed by atoms with E-state index in [0.29, 0.717) is 27.7 Å². The molecule has 0 aromatic heterocycles. The first-order chi connectivity index (χ1) is 13.6. The third-order valence-corrected chi connectivity index (χ3v) is 5.77. The number of benzene rings is 2. The van der Waals surface area contributed by atoms with Gasteiger partial charge in [0.05, 0.1) is 10.0 Å². The van der Waals surface area contributed by atoms with Gasteiger partial charge in [0.25, 0.3) is 11.8 Å². The van der Waals surface area contributed by atoms with Crippen molar-refractivity contribution in [2.75, 3.05) is 27.7 Å². The summed E-state index contributed by atoms with van der Waals surface area (Å²) >= 11 is 11.9. The van der Waals surface area contributed by atoms with Crippen LogP contribution in [0.1, 0.15) is 37.4 Å². The Hall–Kier alpha value is -2.08. The van der Waals surface area contributed by atoms with Crippen LogP contribution in [0.4, 0.5) is 0 Å². The smallest absolute Gasteiger partial charge is 0.251 e. The molecule has 0 aliphatic carbocycles. The van der Waals surface area contributed by atoms with Crippen molar-refractivity contribution in [1.82, 2.24) is 15.5 Å². The summed E-state index contributed by atoms with van der Waals surface area (Å²) in [7, 11) is 5.60. The minimum Gasteiger partial charge on any atom is -0.355 e. The van der Waals surface area contributed by atoms with Gasteiger partial charge >= 0.3 is 0 Å². The van der Waals surface area contributed by atoms with Crippen molar-refractivity contribution in [3.05, 3.63) is 68.2 Å². The van der Waals surface area contributed by atoms with E-state index >= 15 is 0 Å². The second-order valence-corrected chi connectivity index (χ2v) is 8.14. The Kier molecular flexibility index (Phi) is 8.08. The van der Waals surface area contributed by atoms with Gasteiger partial charge in [0.1, 0.15) is 0 Å². The van der Waals surface area contributed by atoms with E-state index in [1.54, 1.807) is 25.2 Å². The first-order valence-corrected chi connectivity index (χ1v) is 10.1. The van der Waals surface area contributed by atoms with Crippen LogP contribution in [0.25, 0.3) is 0 Å². The van der Waals surface area contributed by atoms with Gasteiger partial charge in [-0.15, -0.1) is 0 Å². The second-order valence-electron chi connectivity index (χ2n) is 7.33. The molecule has 0 heterocycles. The lowest BCUT2D eigenvalue weighted by Crippen LogP contribution is -2.41. The molecule has 156 valence electrons. The molecule has 29 heavy (non-hydrogen) atoms. The van der Waals surface area contributed by atoms with Crippen molar-refractivity contribution < 1.29 is 9.59 Å². The van der Waals surface area contributed by atoms with E-state index in [1.165, 1.54) is 5.56 Å². The van der Waals surface area contributed by atoms with Gasteiger partial charge in [0, 0.05) is 30.8 Å². The Morgan fingerprint density at radius 1 is 0.966 bits per heavy atom. The predicted molar refractivity (Wildman–Crippen MR) is 119 cm³/mol. The highest BCUT2D eigenvalue weighted by Crippen LogP contribution is 2.23. The Morgan fingerprint density at radius 3 is 2.10 bits per heavy atom. The molecule has 0 saturated carbocycles. The van der Waals surface area contributed by atoms with E-state index in [1.807, 2.05) is 40.1 Å². The molecular weight excluding hydrogens is 409 g/mol. The lowest BCUT2D eigenvalue weighted by molar-refractivity contribution is 0.0938. The summed E-state index contributed by atoms with van der Waals surface area (Å²) in [5, 5.41) is 6.41. The number of carbonyl (C=O) groups excluding carboxylic acids is 2. The van der Waals surface area contributed by atoms with Gasteiger partial charge in [-0.1, -0.05) is 23.2 Å². The van der Waals surface area contributed by atoms with Gasteiger partial charge in [-0.25, -0.2) is 0 Å². The average molecular weight is 436 g/mol. The molecule has 0 aliphatic heterocycles. The van der Waals surface area contributed by atoms with Crippen molar-refractivity contribution in [2.45, 2.75) is 26.3 Å². The quantitative estimate of drug-likeness (QED) is 0.693. The molecular formula is C22H27Cl2N3O2. The maximum atomic E-state index is 12.5. The Morgan fingerprint density at radius 2 is 1.59 bits per heavy atom. The molecule has 1 atom stereocenters. The van der Waals surface area contributed by atoms with Gasteiger partial charge in [-0.05, 0) is 81.4 Å². The van der Waals surface area contributed by atoms with E-state index in [0.717, 1.165) is 17.5 Å². The largest absolute Gasteiger partial charge is 0.355 e. The summed E-state index contributed by atoms with van der Waals surface area (Å²) in [6.45, 7) is 4.49. The van der Waals surface area contributed by atoms with Crippen molar-refractivity contribution in [1.29, 1.82) is 0 Å². The summed E-state index contributed by atoms with van der Waals surface area (Å²) in [5.74, 6) is -0.292. The molecule has 0 fully saturated rings. The molecule has 2 rings (SSSR count). The van der Waals surface area contributed by atoms with Crippen LogP contribution in [-0.2, 0) is 6.42 Å². The van der Waals surface area contributed by atoms with Crippen molar-refractivity contribution in [2.24, 2.45) is 0 Å². The van der Waals surface area contributed by atoms with E-state index < -0.39 is 0 Å². The van der Waals surface area contributed by atoms with Crippen LogP contribution in [-0.4, -0.2) is 50.4 Å². The molecule has 0 saturated heterocycles. The first kappa shape index (κ1) is 23.2. The minimum atomic E-state index is -0.196. The zero-order chi connectivity index (χ0) is 21.7. The molecule has 0 aliphatic rings. The highest BCUT2D eigenvalue weighted by Gasteiger charge is 2.18. The fourth-order valence-corrected chi connectivity index (χ4v) is 3.51. The number of nitrogens with one attached hydrogen (secondary N) is 2. The molecule has 2 N–H and O–H groups in total. The second kappa shape index (κ2) is 10.1. The maximum Gasteiger partial charge on any atom is 0.251 e. The zero-order valence-corrected chi connectivity index (χ0v) is 18.9. The zero-order valence-electron chi connectivity index (χ0n) is 17.4. The molecule has 7 heteroatoms. The molecule has 5 nitrogen and oxygen atoms in total. The fourth-order valence-electron chi connectivity index (χ4n) is 3.21. The highest BCUT2D eigenvalue weighted by molar-refractivity contribution is 6.42. The van der Waals surface area contributed by atoms with E-state index in [2.05, 4.69) is 15.5 Å². The predicted octanol–water partition coefficient (Wildman–Crippen LogP) is 3.87. The van der Waals surface area contributed by atoms with Gasteiger partial charge in [0.15, 0.2) is 0 Å². The number of aryl methyl sites for hydroxylation is 2. The molecule has 0 unspecified atom stereocenters. The van der Waals surface area contributed by atoms with Crippen LogP contribution in [0, 0.1) is 13.8 Å². The molecule has 2 amide bonds. The summed E-state index contributed by atoms with van der Waals surface area (Å²) in [6.07, 6.45) is 0.750. The van der Waals surface area contributed by atoms with Crippen molar-refractivity contribution in [3.8, 4) is 0 Å². The van der Waals surface area contributed by atoms with Crippen molar-refractivity contribution >= 4 is 35.0 Å². The topological polar surface area (TPSA) is 61.4 Å². The number of carbonyl (C=O) groups is 2. The van der Waals surface area contributed by atoms with Crippen LogP contribution >= 0.6 is 23.2 Å². The third kappa shape index (κ3) is 5.95. The summed E-state index contributed by atoms with van der Waals surface area (Å²) in [6, 6.07) is 8.73. The number of nitrogens with zero attached hydrogens (tertiary/aromatic N) is 1. The van der Waals surface area contributed by atoms with Crippen molar-refractivity contribution in [3.63, 3.8) is 0 Å². The number of amides is 2. The first-order valence-electron chi connectivity index (χ1n) is 9.36. The van der Waals surface area contributed by atoms with Crippen LogP contribution in [0.2, 0.25) is 10.0 Å². The number of rotatable bonds is 7. The lowest BCUT2D eigenvalue weighted by atomic mass is 9.93. The normalized spacial score (nSPS) is 12.0. The third-order valence-electron chi connectivity index (χ3n) is 5.04. The van der Waals surface area contributed by atoms with Crippen LogP contribution in [0.15, 0.2) is 30.3 Å².